The van der Waals surface area contributed by atoms with Gasteiger partial charge in [-0.05, 0) is 12.1 Å². The smallest absolute Gasteiger partial charge is 0.242 e. The molecule has 0 bridgehead atoms. The molecule has 0 heterocycles. The Hall–Kier alpha value is -1.15. The summed E-state index contributed by atoms with van der Waals surface area (Å²) >= 11 is 0. The molecule has 1 aromatic rings. The second kappa shape index (κ2) is 5.80. The van der Waals surface area contributed by atoms with Gasteiger partial charge in [-0.1, -0.05) is 12.1 Å². The van der Waals surface area contributed by atoms with Crippen LogP contribution in [0.15, 0.2) is 29.2 Å². The molecule has 0 amide bonds. The molecule has 0 aliphatic heterocycles. The van der Waals surface area contributed by atoms with Crippen molar-refractivity contribution in [3.8, 4) is 0 Å². The molecule has 0 spiro atoms. The summed E-state index contributed by atoms with van der Waals surface area (Å²) in [5, 5.41) is 0. The van der Waals surface area contributed by atoms with Gasteiger partial charge in [-0.25, -0.2) is 13.1 Å². The molecule has 1 aromatic carbocycles. The van der Waals surface area contributed by atoms with Crippen LogP contribution in [0.2, 0.25) is 0 Å². The molecule has 1 rings (SSSR count). The maximum Gasteiger partial charge on any atom is 0.242 e. The third-order valence-corrected chi connectivity index (χ3v) is 3.45. The number of sulfonamides is 1. The predicted molar refractivity (Wildman–Crippen MR) is 61.3 cm³/mol. The fourth-order valence-corrected chi connectivity index (χ4v) is 2.36. The van der Waals surface area contributed by atoms with E-state index in [1.807, 2.05) is 0 Å². The van der Waals surface area contributed by atoms with Gasteiger partial charge in [0.2, 0.25) is 10.0 Å². The lowest BCUT2D eigenvalue weighted by atomic mass is 10.3. The Bertz CT molecular complexity index is 433. The summed E-state index contributed by atoms with van der Waals surface area (Å²) in [7, 11) is -2.04. The van der Waals surface area contributed by atoms with Crippen molar-refractivity contribution in [3.63, 3.8) is 0 Å². The Morgan fingerprint density at radius 2 is 2.06 bits per heavy atom. The molecule has 7 heteroatoms. The standard InChI is InChI=1S/C9H15N3O3S/c1-15-7-6-11-16(13,14)9-5-3-2-4-8(9)12-10/h2-5,11-12H,6-7,10H2,1H3. The Balaban J connectivity index is 2.89. The molecule has 4 N–H and O–H groups in total. The first kappa shape index (κ1) is 12.9. The molecular formula is C9H15N3O3S. The van der Waals surface area contributed by atoms with E-state index in [2.05, 4.69) is 10.1 Å². The highest BCUT2D eigenvalue weighted by Gasteiger charge is 2.16. The molecule has 0 aliphatic rings. The second-order valence-electron chi connectivity index (χ2n) is 3.03. The number of hydrogen-bond acceptors (Lipinski definition) is 5. The van der Waals surface area contributed by atoms with Crippen LogP contribution in [0.25, 0.3) is 0 Å². The first-order valence-electron chi connectivity index (χ1n) is 4.66. The van der Waals surface area contributed by atoms with E-state index >= 15 is 0 Å². The van der Waals surface area contributed by atoms with Crippen molar-refractivity contribution in [2.75, 3.05) is 25.7 Å². The molecule has 0 saturated heterocycles. The van der Waals surface area contributed by atoms with Crippen LogP contribution in [0, 0.1) is 0 Å². The van der Waals surface area contributed by atoms with E-state index in [1.54, 1.807) is 18.2 Å². The van der Waals surface area contributed by atoms with Gasteiger partial charge >= 0.3 is 0 Å². The van der Waals surface area contributed by atoms with Gasteiger partial charge in [0.25, 0.3) is 0 Å². The fourth-order valence-electron chi connectivity index (χ4n) is 1.18. The maximum atomic E-state index is 11.8. The molecule has 0 aliphatic carbocycles. The second-order valence-corrected chi connectivity index (χ2v) is 4.77. The van der Waals surface area contributed by atoms with Crippen molar-refractivity contribution in [3.05, 3.63) is 24.3 Å². The van der Waals surface area contributed by atoms with Crippen LogP contribution >= 0.6 is 0 Å². The van der Waals surface area contributed by atoms with Crippen LogP contribution in [0.4, 0.5) is 5.69 Å². The van der Waals surface area contributed by atoms with Crippen LogP contribution in [-0.4, -0.2) is 28.7 Å². The maximum absolute atomic E-state index is 11.8. The van der Waals surface area contributed by atoms with E-state index in [0.717, 1.165) is 0 Å². The molecule has 0 unspecified atom stereocenters. The lowest BCUT2D eigenvalue weighted by Gasteiger charge is -2.10. The Labute approximate surface area is 94.8 Å². The summed E-state index contributed by atoms with van der Waals surface area (Å²) < 4.78 is 30.8. The topological polar surface area (TPSA) is 93.4 Å². The zero-order chi connectivity index (χ0) is 12.0. The number of hydrazine groups is 1. The zero-order valence-electron chi connectivity index (χ0n) is 8.93. The van der Waals surface area contributed by atoms with Gasteiger partial charge in [0, 0.05) is 13.7 Å². The first-order chi connectivity index (χ1) is 7.61. The molecular weight excluding hydrogens is 230 g/mol. The van der Waals surface area contributed by atoms with Gasteiger partial charge in [-0.15, -0.1) is 0 Å². The fraction of sp³-hybridized carbons (Fsp3) is 0.333. The molecule has 0 saturated carbocycles. The summed E-state index contributed by atoms with van der Waals surface area (Å²) in [6.07, 6.45) is 0. The molecule has 0 atom stereocenters. The lowest BCUT2D eigenvalue weighted by Crippen LogP contribution is -2.28. The van der Waals surface area contributed by atoms with E-state index in [-0.39, 0.29) is 11.4 Å². The van der Waals surface area contributed by atoms with Gasteiger partial charge in [0.1, 0.15) is 4.90 Å². The number of ether oxygens (including phenoxy) is 1. The van der Waals surface area contributed by atoms with Crippen LogP contribution in [0.5, 0.6) is 0 Å². The number of nitrogens with two attached hydrogens (primary N) is 1. The quantitative estimate of drug-likeness (QED) is 0.369. The van der Waals surface area contributed by atoms with E-state index < -0.39 is 10.0 Å². The summed E-state index contributed by atoms with van der Waals surface area (Å²) in [4.78, 5) is 0.119. The highest BCUT2D eigenvalue weighted by Crippen LogP contribution is 2.18. The van der Waals surface area contributed by atoms with E-state index in [1.165, 1.54) is 13.2 Å². The molecule has 6 nitrogen and oxygen atoms in total. The molecule has 0 fully saturated rings. The number of para-hydroxylation sites is 1. The SMILES string of the molecule is COCCNS(=O)(=O)c1ccccc1NN. The number of benzene rings is 1. The average Bonchev–Trinajstić information content (AvgIpc) is 2.29. The Kier molecular flexibility index (Phi) is 4.69. The van der Waals surface area contributed by atoms with Crippen molar-refractivity contribution < 1.29 is 13.2 Å². The number of anilines is 1. The average molecular weight is 245 g/mol. The third kappa shape index (κ3) is 3.17. The lowest BCUT2D eigenvalue weighted by molar-refractivity contribution is 0.204. The molecule has 90 valence electrons. The van der Waals surface area contributed by atoms with Crippen LogP contribution < -0.4 is 16.0 Å². The largest absolute Gasteiger partial charge is 0.383 e. The minimum Gasteiger partial charge on any atom is -0.383 e. The zero-order valence-corrected chi connectivity index (χ0v) is 9.75. The minimum absolute atomic E-state index is 0.119. The van der Waals surface area contributed by atoms with Crippen molar-refractivity contribution in [1.29, 1.82) is 0 Å². The third-order valence-electron chi connectivity index (χ3n) is 1.93. The normalized spacial score (nSPS) is 11.4. The number of methoxy groups -OCH3 is 1. The minimum atomic E-state index is -3.55. The van der Waals surface area contributed by atoms with Crippen molar-refractivity contribution in [1.82, 2.24) is 4.72 Å². The number of hydrogen-bond donors (Lipinski definition) is 3. The Morgan fingerprint density at radius 1 is 1.38 bits per heavy atom. The van der Waals surface area contributed by atoms with Crippen LogP contribution in [-0.2, 0) is 14.8 Å². The van der Waals surface area contributed by atoms with Crippen LogP contribution in [0.1, 0.15) is 0 Å². The van der Waals surface area contributed by atoms with E-state index in [0.29, 0.717) is 12.3 Å². The summed E-state index contributed by atoms with van der Waals surface area (Å²) in [5.41, 5.74) is 2.70. The van der Waals surface area contributed by atoms with Gasteiger partial charge in [-0.3, -0.25) is 5.84 Å². The van der Waals surface area contributed by atoms with Crippen molar-refractivity contribution >= 4 is 15.7 Å². The molecule has 0 radical (unpaired) electrons. The first-order valence-corrected chi connectivity index (χ1v) is 6.14. The predicted octanol–water partition coefficient (Wildman–Crippen LogP) is -0.103. The molecule has 0 aromatic heterocycles. The summed E-state index contributed by atoms with van der Waals surface area (Å²) in [6.45, 7) is 0.537. The van der Waals surface area contributed by atoms with Crippen molar-refractivity contribution in [2.24, 2.45) is 5.84 Å². The van der Waals surface area contributed by atoms with Gasteiger partial charge in [0.05, 0.1) is 12.3 Å². The van der Waals surface area contributed by atoms with Gasteiger partial charge < -0.3 is 10.2 Å². The van der Waals surface area contributed by atoms with E-state index in [4.69, 9.17) is 10.6 Å². The van der Waals surface area contributed by atoms with Gasteiger partial charge in [0.15, 0.2) is 0 Å². The number of nitrogens with one attached hydrogen (secondary N) is 2. The van der Waals surface area contributed by atoms with Gasteiger partial charge in [-0.2, -0.15) is 0 Å². The molecule has 16 heavy (non-hydrogen) atoms. The Morgan fingerprint density at radius 3 is 2.69 bits per heavy atom. The monoisotopic (exact) mass is 245 g/mol. The van der Waals surface area contributed by atoms with Crippen molar-refractivity contribution in [2.45, 2.75) is 4.90 Å². The number of nitrogen functional groups attached to an aromatic ring is 1. The number of rotatable bonds is 6. The highest BCUT2D eigenvalue weighted by molar-refractivity contribution is 7.89. The summed E-state index contributed by atoms with van der Waals surface area (Å²) in [5.74, 6) is 5.24. The van der Waals surface area contributed by atoms with E-state index in [9.17, 15) is 8.42 Å². The van der Waals surface area contributed by atoms with Crippen LogP contribution in [0.3, 0.4) is 0 Å². The summed E-state index contributed by atoms with van der Waals surface area (Å²) in [6, 6.07) is 6.39. The highest BCUT2D eigenvalue weighted by atomic mass is 32.2.